The Morgan fingerprint density at radius 3 is 2.75 bits per heavy atom. The number of rotatable bonds is 3. The predicted octanol–water partition coefficient (Wildman–Crippen LogP) is 1.83. The molecule has 0 bridgehead atoms. The van der Waals surface area contributed by atoms with Crippen LogP contribution in [-0.2, 0) is 0 Å². The zero-order valence-corrected chi connectivity index (χ0v) is 8.97. The largest absolute Gasteiger partial charge is 0.416 e. The van der Waals surface area contributed by atoms with Crippen molar-refractivity contribution < 1.29 is 9.34 Å². The lowest BCUT2D eigenvalue weighted by Gasteiger charge is -1.94. The van der Waals surface area contributed by atoms with Crippen molar-refractivity contribution in [1.82, 2.24) is 15.2 Å². The van der Waals surface area contributed by atoms with Gasteiger partial charge in [0, 0.05) is 13.0 Å². The molecule has 0 fully saturated rings. The van der Waals surface area contributed by atoms with Crippen LogP contribution < -0.4 is 0 Å². The van der Waals surface area contributed by atoms with Crippen LogP contribution in [0.4, 0.5) is 5.69 Å². The van der Waals surface area contributed by atoms with Crippen molar-refractivity contribution in [3.63, 3.8) is 0 Å². The summed E-state index contributed by atoms with van der Waals surface area (Å²) in [7, 11) is 0. The summed E-state index contributed by atoms with van der Waals surface area (Å²) in [6.45, 7) is 1.68. The zero-order valence-electron chi connectivity index (χ0n) is 8.15. The van der Waals surface area contributed by atoms with E-state index in [0.29, 0.717) is 16.1 Å². The monoisotopic (exact) mass is 238 g/mol. The first-order chi connectivity index (χ1) is 7.65. The number of aryl methyl sites for hydroxylation is 1. The molecule has 0 radical (unpaired) electrons. The molecule has 0 spiro atoms. The van der Waals surface area contributed by atoms with Crippen LogP contribution in [0.1, 0.15) is 5.89 Å². The molecule has 0 amide bonds. The topological polar surface area (TPSA) is 95.0 Å². The van der Waals surface area contributed by atoms with Gasteiger partial charge in [-0.25, -0.2) is 4.98 Å². The lowest BCUT2D eigenvalue weighted by atomic mass is 10.4. The fourth-order valence-corrected chi connectivity index (χ4v) is 1.61. The number of pyridine rings is 1. The molecule has 0 aromatic carbocycles. The van der Waals surface area contributed by atoms with Crippen LogP contribution in [0.25, 0.3) is 0 Å². The third-order valence-corrected chi connectivity index (χ3v) is 2.42. The lowest BCUT2D eigenvalue weighted by molar-refractivity contribution is -0.385. The van der Waals surface area contributed by atoms with Crippen LogP contribution in [0.15, 0.2) is 33.0 Å². The summed E-state index contributed by atoms with van der Waals surface area (Å²) in [5.74, 6) is 0.462. The Morgan fingerprint density at radius 2 is 2.25 bits per heavy atom. The molecule has 16 heavy (non-hydrogen) atoms. The van der Waals surface area contributed by atoms with Gasteiger partial charge in [-0.15, -0.1) is 10.2 Å². The van der Waals surface area contributed by atoms with Gasteiger partial charge in [0.15, 0.2) is 0 Å². The molecule has 2 heterocycles. The fourth-order valence-electron chi connectivity index (χ4n) is 0.950. The second kappa shape index (κ2) is 4.27. The van der Waals surface area contributed by atoms with E-state index >= 15 is 0 Å². The van der Waals surface area contributed by atoms with Gasteiger partial charge >= 0.3 is 0 Å². The third kappa shape index (κ3) is 2.34. The normalized spacial score (nSPS) is 10.3. The maximum Gasteiger partial charge on any atom is 0.287 e. The van der Waals surface area contributed by atoms with Crippen LogP contribution in [0.5, 0.6) is 0 Å². The Labute approximate surface area is 94.1 Å². The van der Waals surface area contributed by atoms with Crippen LogP contribution >= 0.6 is 11.8 Å². The van der Waals surface area contributed by atoms with E-state index in [4.69, 9.17) is 4.42 Å². The number of aromatic nitrogens is 3. The molecule has 82 valence electrons. The molecule has 0 N–H and O–H groups in total. The van der Waals surface area contributed by atoms with Crippen LogP contribution in [0.3, 0.4) is 0 Å². The van der Waals surface area contributed by atoms with E-state index < -0.39 is 4.92 Å². The van der Waals surface area contributed by atoms with Crippen molar-refractivity contribution in [3.8, 4) is 0 Å². The zero-order chi connectivity index (χ0) is 11.5. The van der Waals surface area contributed by atoms with Crippen LogP contribution in [0.2, 0.25) is 0 Å². The van der Waals surface area contributed by atoms with Crippen molar-refractivity contribution >= 4 is 17.4 Å². The Morgan fingerprint density at radius 1 is 1.44 bits per heavy atom. The standard InChI is InChI=1S/C8H6N4O3S/c1-5-10-11-8(15-5)16-7-3-2-6(4-9-7)12(13)14/h2-4H,1H3. The second-order valence-corrected chi connectivity index (χ2v) is 3.77. The number of nitro groups is 1. The van der Waals surface area contributed by atoms with Gasteiger partial charge in [-0.3, -0.25) is 10.1 Å². The smallest absolute Gasteiger partial charge is 0.287 e. The van der Waals surface area contributed by atoms with Crippen molar-refractivity contribution in [2.75, 3.05) is 0 Å². The summed E-state index contributed by atoms with van der Waals surface area (Å²) in [5.41, 5.74) is -0.0499. The van der Waals surface area contributed by atoms with Crippen LogP contribution in [-0.4, -0.2) is 20.1 Å². The average Bonchev–Trinajstić information content (AvgIpc) is 2.65. The lowest BCUT2D eigenvalue weighted by Crippen LogP contribution is -1.89. The van der Waals surface area contributed by atoms with Gasteiger partial charge in [-0.2, -0.15) is 0 Å². The summed E-state index contributed by atoms with van der Waals surface area (Å²) in [6.07, 6.45) is 1.19. The first kappa shape index (κ1) is 10.6. The fraction of sp³-hybridized carbons (Fsp3) is 0.125. The third-order valence-electron chi connectivity index (χ3n) is 1.63. The number of hydrogen-bond donors (Lipinski definition) is 0. The minimum atomic E-state index is -0.502. The SMILES string of the molecule is Cc1nnc(Sc2ccc([N+](=O)[O-])cn2)o1. The molecule has 0 atom stereocenters. The molecule has 0 aliphatic carbocycles. The average molecular weight is 238 g/mol. The maximum absolute atomic E-state index is 10.4. The molecule has 8 heteroatoms. The van der Waals surface area contributed by atoms with Gasteiger partial charge in [-0.1, -0.05) is 0 Å². The van der Waals surface area contributed by atoms with Gasteiger partial charge in [0.2, 0.25) is 5.89 Å². The molecule has 0 saturated heterocycles. The van der Waals surface area contributed by atoms with Crippen molar-refractivity contribution in [2.45, 2.75) is 17.2 Å². The summed E-state index contributed by atoms with van der Waals surface area (Å²) >= 11 is 1.15. The first-order valence-corrected chi connectivity index (χ1v) is 5.05. The summed E-state index contributed by atoms with van der Waals surface area (Å²) in [5, 5.41) is 18.7. The molecule has 2 aromatic rings. The Kier molecular flexibility index (Phi) is 2.82. The Balaban J connectivity index is 2.14. The van der Waals surface area contributed by atoms with E-state index in [-0.39, 0.29) is 5.69 Å². The predicted molar refractivity (Wildman–Crippen MR) is 54.0 cm³/mol. The van der Waals surface area contributed by atoms with Gasteiger partial charge in [0.1, 0.15) is 11.2 Å². The highest BCUT2D eigenvalue weighted by atomic mass is 32.2. The maximum atomic E-state index is 10.4. The summed E-state index contributed by atoms with van der Waals surface area (Å²) in [4.78, 5) is 13.8. The highest BCUT2D eigenvalue weighted by molar-refractivity contribution is 7.99. The van der Waals surface area contributed by atoms with E-state index in [9.17, 15) is 10.1 Å². The minimum absolute atomic E-state index is 0.0499. The number of nitrogens with zero attached hydrogens (tertiary/aromatic N) is 4. The minimum Gasteiger partial charge on any atom is -0.416 e. The van der Waals surface area contributed by atoms with Gasteiger partial charge < -0.3 is 4.42 Å². The molecule has 0 unspecified atom stereocenters. The van der Waals surface area contributed by atoms with Crippen molar-refractivity contribution in [1.29, 1.82) is 0 Å². The molecule has 0 aliphatic rings. The molecular formula is C8H6N4O3S. The molecule has 0 aliphatic heterocycles. The Bertz CT molecular complexity index is 510. The van der Waals surface area contributed by atoms with Gasteiger partial charge in [0.05, 0.1) is 4.92 Å². The van der Waals surface area contributed by atoms with E-state index in [1.807, 2.05) is 0 Å². The van der Waals surface area contributed by atoms with E-state index in [1.165, 1.54) is 18.3 Å². The van der Waals surface area contributed by atoms with E-state index in [1.54, 1.807) is 6.92 Å². The summed E-state index contributed by atoms with van der Waals surface area (Å²) in [6, 6.07) is 2.90. The van der Waals surface area contributed by atoms with E-state index in [2.05, 4.69) is 15.2 Å². The highest BCUT2D eigenvalue weighted by Crippen LogP contribution is 2.25. The molecule has 2 rings (SSSR count). The summed E-state index contributed by atoms with van der Waals surface area (Å²) < 4.78 is 5.13. The van der Waals surface area contributed by atoms with E-state index in [0.717, 1.165) is 11.8 Å². The molecule has 0 saturated carbocycles. The number of hydrogen-bond acceptors (Lipinski definition) is 7. The van der Waals surface area contributed by atoms with Gasteiger partial charge in [0.25, 0.3) is 10.9 Å². The molecule has 7 nitrogen and oxygen atoms in total. The van der Waals surface area contributed by atoms with Crippen LogP contribution in [0, 0.1) is 17.0 Å². The quantitative estimate of drug-likeness (QED) is 0.594. The molecule has 2 aromatic heterocycles. The van der Waals surface area contributed by atoms with Gasteiger partial charge in [-0.05, 0) is 17.8 Å². The van der Waals surface area contributed by atoms with Crippen molar-refractivity contribution in [3.05, 3.63) is 34.3 Å². The van der Waals surface area contributed by atoms with Crippen molar-refractivity contribution in [2.24, 2.45) is 0 Å². The molecular weight excluding hydrogens is 232 g/mol. The first-order valence-electron chi connectivity index (χ1n) is 4.23. The Hall–Kier alpha value is -1.96. The highest BCUT2D eigenvalue weighted by Gasteiger charge is 2.09. The second-order valence-electron chi connectivity index (χ2n) is 2.80.